The predicted octanol–water partition coefficient (Wildman–Crippen LogP) is 3.39. The molecular formula is C21H23N3O2S. The lowest BCUT2D eigenvalue weighted by Crippen LogP contribution is -2.36. The zero-order chi connectivity index (χ0) is 18.8. The number of nitrogens with zero attached hydrogens (tertiary/aromatic N) is 3. The molecule has 0 saturated heterocycles. The fourth-order valence-electron chi connectivity index (χ4n) is 3.72. The van der Waals surface area contributed by atoms with Gasteiger partial charge in [-0.3, -0.25) is 14.2 Å². The van der Waals surface area contributed by atoms with E-state index in [0.717, 1.165) is 40.6 Å². The van der Waals surface area contributed by atoms with E-state index in [2.05, 4.69) is 4.98 Å². The second-order valence-corrected chi connectivity index (χ2v) is 8.05. The third-order valence-corrected chi connectivity index (χ3v) is 6.40. The van der Waals surface area contributed by atoms with Gasteiger partial charge in [-0.05, 0) is 43.7 Å². The van der Waals surface area contributed by atoms with Gasteiger partial charge in [0.05, 0.1) is 11.7 Å². The number of amides is 1. The highest BCUT2D eigenvalue weighted by atomic mass is 32.1. The average Bonchev–Trinajstić information content (AvgIpc) is 3.08. The van der Waals surface area contributed by atoms with Crippen LogP contribution in [0, 0.1) is 0 Å². The normalized spacial score (nSPS) is 13.5. The highest BCUT2D eigenvalue weighted by molar-refractivity contribution is 7.18. The quantitative estimate of drug-likeness (QED) is 0.681. The van der Waals surface area contributed by atoms with Crippen LogP contribution < -0.4 is 5.56 Å². The Morgan fingerprint density at radius 3 is 2.78 bits per heavy atom. The number of hydrogen-bond donors (Lipinski definition) is 0. The number of rotatable bonds is 5. The summed E-state index contributed by atoms with van der Waals surface area (Å²) in [6.07, 6.45) is 5.81. The predicted molar refractivity (Wildman–Crippen MR) is 108 cm³/mol. The molecule has 0 fully saturated rings. The zero-order valence-electron chi connectivity index (χ0n) is 15.5. The van der Waals surface area contributed by atoms with Gasteiger partial charge in [0.25, 0.3) is 5.56 Å². The molecule has 1 aromatic carbocycles. The lowest BCUT2D eigenvalue weighted by atomic mass is 9.97. The molecule has 0 atom stereocenters. The van der Waals surface area contributed by atoms with Crippen LogP contribution in [0.5, 0.6) is 0 Å². The molecule has 1 aliphatic rings. The van der Waals surface area contributed by atoms with Crippen molar-refractivity contribution in [3.05, 3.63) is 63.0 Å². The minimum Gasteiger partial charge on any atom is -0.337 e. The molecule has 0 N–H and O–H groups in total. The van der Waals surface area contributed by atoms with E-state index in [1.165, 1.54) is 22.2 Å². The highest BCUT2D eigenvalue weighted by Crippen LogP contribution is 2.33. The molecule has 140 valence electrons. The molecule has 5 nitrogen and oxygen atoms in total. The average molecular weight is 382 g/mol. The lowest BCUT2D eigenvalue weighted by Gasteiger charge is -2.21. The summed E-state index contributed by atoms with van der Waals surface area (Å²) < 4.78 is 1.47. The molecule has 0 aliphatic heterocycles. The Labute approximate surface area is 162 Å². The number of benzene rings is 1. The third kappa shape index (κ3) is 3.54. The molecule has 2 heterocycles. The summed E-state index contributed by atoms with van der Waals surface area (Å²) in [5.74, 6) is -0.0614. The van der Waals surface area contributed by atoms with Gasteiger partial charge in [0.2, 0.25) is 5.91 Å². The second-order valence-electron chi connectivity index (χ2n) is 6.96. The van der Waals surface area contributed by atoms with Crippen molar-refractivity contribution in [1.29, 1.82) is 0 Å². The summed E-state index contributed by atoms with van der Waals surface area (Å²) in [7, 11) is 0. The molecule has 0 bridgehead atoms. The standard InChI is InChI=1S/C21H23N3O2S/c1-2-23(12-15-8-4-3-5-9-15)18(25)13-24-14-22-20-19(21(24)26)16-10-6-7-11-17(16)27-20/h3-5,8-9,14H,2,6-7,10-13H2,1H3. The van der Waals surface area contributed by atoms with Crippen molar-refractivity contribution in [2.45, 2.75) is 45.7 Å². The number of fused-ring (bicyclic) bond motifs is 3. The number of thiophene rings is 1. The van der Waals surface area contributed by atoms with Crippen molar-refractivity contribution < 1.29 is 4.79 Å². The van der Waals surface area contributed by atoms with E-state index in [4.69, 9.17) is 0 Å². The van der Waals surface area contributed by atoms with E-state index in [-0.39, 0.29) is 18.0 Å². The Morgan fingerprint density at radius 1 is 1.22 bits per heavy atom. The Hall–Kier alpha value is -2.47. The van der Waals surface area contributed by atoms with Gasteiger partial charge in [-0.15, -0.1) is 11.3 Å². The molecule has 27 heavy (non-hydrogen) atoms. The number of aryl methyl sites for hydroxylation is 2. The Kier molecular flexibility index (Phi) is 5.07. The van der Waals surface area contributed by atoms with Crippen molar-refractivity contribution in [2.75, 3.05) is 6.54 Å². The van der Waals surface area contributed by atoms with Crippen LogP contribution in [0.1, 0.15) is 35.8 Å². The number of aromatic nitrogens is 2. The number of hydrogen-bond acceptors (Lipinski definition) is 4. The monoisotopic (exact) mass is 381 g/mol. The smallest absolute Gasteiger partial charge is 0.262 e. The third-order valence-electron chi connectivity index (χ3n) is 5.20. The minimum absolute atomic E-state index is 0.0348. The summed E-state index contributed by atoms with van der Waals surface area (Å²) >= 11 is 1.63. The summed E-state index contributed by atoms with van der Waals surface area (Å²) in [5, 5.41) is 0.733. The summed E-state index contributed by atoms with van der Waals surface area (Å²) in [4.78, 5) is 34.2. The van der Waals surface area contributed by atoms with E-state index in [0.29, 0.717) is 13.1 Å². The molecule has 6 heteroatoms. The zero-order valence-corrected chi connectivity index (χ0v) is 16.3. The largest absolute Gasteiger partial charge is 0.337 e. The van der Waals surface area contributed by atoms with E-state index < -0.39 is 0 Å². The molecule has 0 radical (unpaired) electrons. The van der Waals surface area contributed by atoms with Gasteiger partial charge in [-0.1, -0.05) is 30.3 Å². The Bertz CT molecular complexity index is 1020. The first kappa shape index (κ1) is 17.9. The van der Waals surface area contributed by atoms with Gasteiger partial charge >= 0.3 is 0 Å². The molecular weight excluding hydrogens is 358 g/mol. The van der Waals surface area contributed by atoms with Crippen molar-refractivity contribution >= 4 is 27.5 Å². The second kappa shape index (κ2) is 7.64. The van der Waals surface area contributed by atoms with E-state index in [1.54, 1.807) is 16.2 Å². The molecule has 4 rings (SSSR count). The molecule has 0 saturated carbocycles. The van der Waals surface area contributed by atoms with E-state index >= 15 is 0 Å². The molecule has 1 aliphatic carbocycles. The van der Waals surface area contributed by atoms with E-state index in [1.807, 2.05) is 37.3 Å². The maximum atomic E-state index is 13.0. The van der Waals surface area contributed by atoms with Crippen LogP contribution >= 0.6 is 11.3 Å². The Balaban J connectivity index is 1.59. The summed E-state index contributed by atoms with van der Waals surface area (Å²) in [5.41, 5.74) is 2.17. The number of carbonyl (C=O) groups excluding carboxylic acids is 1. The van der Waals surface area contributed by atoms with Gasteiger partial charge < -0.3 is 4.90 Å². The topological polar surface area (TPSA) is 55.2 Å². The van der Waals surface area contributed by atoms with Crippen LogP contribution in [0.3, 0.4) is 0 Å². The van der Waals surface area contributed by atoms with Crippen molar-refractivity contribution in [1.82, 2.24) is 14.5 Å². The van der Waals surface area contributed by atoms with Crippen molar-refractivity contribution in [3.8, 4) is 0 Å². The van der Waals surface area contributed by atoms with Gasteiger partial charge in [-0.25, -0.2) is 4.98 Å². The lowest BCUT2D eigenvalue weighted by molar-refractivity contribution is -0.132. The van der Waals surface area contributed by atoms with Crippen LogP contribution in [0.4, 0.5) is 0 Å². The first-order valence-corrected chi connectivity index (χ1v) is 10.3. The molecule has 0 unspecified atom stereocenters. The molecule has 0 spiro atoms. The Morgan fingerprint density at radius 2 is 2.00 bits per heavy atom. The molecule has 3 aromatic rings. The summed E-state index contributed by atoms with van der Waals surface area (Å²) in [6, 6.07) is 9.91. The first-order chi connectivity index (χ1) is 13.2. The van der Waals surface area contributed by atoms with E-state index in [9.17, 15) is 9.59 Å². The van der Waals surface area contributed by atoms with Crippen LogP contribution in [-0.4, -0.2) is 26.9 Å². The van der Waals surface area contributed by atoms with Crippen molar-refractivity contribution in [2.24, 2.45) is 0 Å². The number of likely N-dealkylation sites (N-methyl/N-ethyl adjacent to an activating group) is 1. The van der Waals surface area contributed by atoms with Crippen LogP contribution in [0.25, 0.3) is 10.2 Å². The van der Waals surface area contributed by atoms with Crippen LogP contribution in [0.15, 0.2) is 41.5 Å². The maximum absolute atomic E-state index is 13.0. The fraction of sp³-hybridized carbons (Fsp3) is 0.381. The van der Waals surface area contributed by atoms with Crippen molar-refractivity contribution in [3.63, 3.8) is 0 Å². The molecule has 1 amide bonds. The summed E-state index contributed by atoms with van der Waals surface area (Å²) in [6.45, 7) is 3.15. The number of carbonyl (C=O) groups is 1. The minimum atomic E-state index is -0.0801. The van der Waals surface area contributed by atoms with Crippen LogP contribution in [0.2, 0.25) is 0 Å². The maximum Gasteiger partial charge on any atom is 0.262 e. The van der Waals surface area contributed by atoms with Gasteiger partial charge in [0, 0.05) is 18.0 Å². The van der Waals surface area contributed by atoms with Gasteiger partial charge in [-0.2, -0.15) is 0 Å². The fourth-order valence-corrected chi connectivity index (χ4v) is 4.94. The van der Waals surface area contributed by atoms with Gasteiger partial charge in [0.15, 0.2) is 0 Å². The van der Waals surface area contributed by atoms with Crippen LogP contribution in [-0.2, 0) is 30.7 Å². The first-order valence-electron chi connectivity index (χ1n) is 9.48. The van der Waals surface area contributed by atoms with Gasteiger partial charge in [0.1, 0.15) is 11.4 Å². The molecule has 2 aromatic heterocycles. The SMILES string of the molecule is CCN(Cc1ccccc1)C(=O)Cn1cnc2sc3c(c2c1=O)CCCC3. The highest BCUT2D eigenvalue weighted by Gasteiger charge is 2.21.